The van der Waals surface area contributed by atoms with Gasteiger partial charge in [-0.2, -0.15) is 13.2 Å². The summed E-state index contributed by atoms with van der Waals surface area (Å²) in [6.07, 6.45) is -4.49. The number of halogens is 4. The third kappa shape index (κ3) is 5.67. The van der Waals surface area contributed by atoms with Gasteiger partial charge >= 0.3 is 6.18 Å². The number of amides is 2. The summed E-state index contributed by atoms with van der Waals surface area (Å²) >= 11 is 1.33. The molecule has 0 aliphatic carbocycles. The Bertz CT molecular complexity index is 1230. The Morgan fingerprint density at radius 1 is 1.03 bits per heavy atom. The number of rotatable bonds is 5. The molecule has 0 radical (unpaired) electrons. The maximum Gasteiger partial charge on any atom is 0.416 e. The first-order chi connectivity index (χ1) is 16.6. The van der Waals surface area contributed by atoms with Gasteiger partial charge in [-0.1, -0.05) is 42.0 Å². The number of nitrogens with zero attached hydrogens (tertiary/aromatic N) is 1. The van der Waals surface area contributed by atoms with Crippen LogP contribution in [0.3, 0.4) is 0 Å². The van der Waals surface area contributed by atoms with Gasteiger partial charge in [-0.15, -0.1) is 11.8 Å². The first-order valence-corrected chi connectivity index (χ1v) is 11.9. The summed E-state index contributed by atoms with van der Waals surface area (Å²) in [5, 5.41) is 2.07. The van der Waals surface area contributed by atoms with Crippen LogP contribution in [0.4, 0.5) is 17.6 Å². The lowest BCUT2D eigenvalue weighted by atomic mass is 10.1. The molecule has 1 saturated heterocycles. The predicted molar refractivity (Wildman–Crippen MR) is 126 cm³/mol. The topological polar surface area (TPSA) is 49.4 Å². The van der Waals surface area contributed by atoms with Crippen molar-refractivity contribution in [1.29, 1.82) is 0 Å². The number of carbonyl (C=O) groups excluding carboxylic acids is 2. The van der Waals surface area contributed by atoms with Gasteiger partial charge in [-0.05, 0) is 54.4 Å². The molecule has 0 aromatic heterocycles. The van der Waals surface area contributed by atoms with Crippen molar-refractivity contribution in [3.63, 3.8) is 0 Å². The van der Waals surface area contributed by atoms with E-state index in [2.05, 4.69) is 5.32 Å². The fraction of sp³-hybridized carbons (Fsp3) is 0.231. The quantitative estimate of drug-likeness (QED) is 0.454. The highest BCUT2D eigenvalue weighted by Gasteiger charge is 2.42. The van der Waals surface area contributed by atoms with Crippen LogP contribution >= 0.6 is 11.8 Å². The molecule has 2 atom stereocenters. The Labute approximate surface area is 204 Å². The summed E-state index contributed by atoms with van der Waals surface area (Å²) < 4.78 is 53.0. The zero-order chi connectivity index (χ0) is 25.2. The van der Waals surface area contributed by atoms with Gasteiger partial charge in [0.25, 0.3) is 5.91 Å². The van der Waals surface area contributed by atoms with E-state index in [1.165, 1.54) is 40.9 Å². The molecule has 0 spiro atoms. The third-order valence-corrected chi connectivity index (χ3v) is 7.01. The van der Waals surface area contributed by atoms with E-state index in [0.717, 1.165) is 17.7 Å². The fourth-order valence-electron chi connectivity index (χ4n) is 3.88. The number of thioether (sulfide) groups is 1. The number of benzene rings is 3. The summed E-state index contributed by atoms with van der Waals surface area (Å²) in [7, 11) is 0. The van der Waals surface area contributed by atoms with Crippen molar-refractivity contribution in [1.82, 2.24) is 10.2 Å². The minimum absolute atomic E-state index is 0.124. The van der Waals surface area contributed by atoms with Gasteiger partial charge in [0.05, 0.1) is 5.56 Å². The molecule has 1 heterocycles. The largest absolute Gasteiger partial charge is 0.416 e. The van der Waals surface area contributed by atoms with Gasteiger partial charge < -0.3 is 10.2 Å². The van der Waals surface area contributed by atoms with Crippen LogP contribution in [-0.4, -0.2) is 28.5 Å². The van der Waals surface area contributed by atoms with Gasteiger partial charge in [0.15, 0.2) is 0 Å². The van der Waals surface area contributed by atoms with Crippen molar-refractivity contribution in [3.05, 3.63) is 106 Å². The van der Waals surface area contributed by atoms with E-state index in [0.29, 0.717) is 11.1 Å². The second-order valence-corrected chi connectivity index (χ2v) is 9.36. The summed E-state index contributed by atoms with van der Waals surface area (Å²) in [5.74, 6) is -1.08. The zero-order valence-corrected chi connectivity index (χ0v) is 19.5. The Balaban J connectivity index is 1.58. The highest BCUT2D eigenvalue weighted by Crippen LogP contribution is 2.42. The number of carbonyl (C=O) groups is 2. The van der Waals surface area contributed by atoms with Gasteiger partial charge in [0.1, 0.15) is 17.2 Å². The molecule has 1 aliphatic rings. The van der Waals surface area contributed by atoms with Crippen LogP contribution in [0.2, 0.25) is 0 Å². The highest BCUT2D eigenvalue weighted by molar-refractivity contribution is 7.99. The molecule has 3 aromatic rings. The Morgan fingerprint density at radius 3 is 2.43 bits per heavy atom. The molecule has 2 amide bonds. The SMILES string of the molecule is Cc1ccc(C(=O)N2C(C(=O)NCc3cccc(C(F)(F)F)c3)CSC2c2cccc(F)c2)cc1. The molecule has 4 rings (SSSR count). The average Bonchev–Trinajstić information content (AvgIpc) is 3.27. The van der Waals surface area contributed by atoms with Crippen LogP contribution in [0.15, 0.2) is 72.8 Å². The average molecular weight is 503 g/mol. The fourth-order valence-corrected chi connectivity index (χ4v) is 5.30. The van der Waals surface area contributed by atoms with Crippen LogP contribution in [0, 0.1) is 12.7 Å². The van der Waals surface area contributed by atoms with E-state index in [4.69, 9.17) is 0 Å². The zero-order valence-electron chi connectivity index (χ0n) is 18.7. The van der Waals surface area contributed by atoms with Gasteiger partial charge in [0, 0.05) is 17.9 Å². The van der Waals surface area contributed by atoms with Crippen molar-refractivity contribution < 1.29 is 27.2 Å². The van der Waals surface area contributed by atoms with E-state index < -0.39 is 34.9 Å². The molecule has 0 saturated carbocycles. The smallest absolute Gasteiger partial charge is 0.350 e. The van der Waals surface area contributed by atoms with Gasteiger partial charge in [-0.3, -0.25) is 9.59 Å². The van der Waals surface area contributed by atoms with E-state index in [1.54, 1.807) is 36.4 Å². The maximum atomic E-state index is 13.9. The first-order valence-electron chi connectivity index (χ1n) is 10.8. The number of hydrogen-bond donors (Lipinski definition) is 1. The van der Waals surface area contributed by atoms with Crippen molar-refractivity contribution >= 4 is 23.6 Å². The normalized spacial score (nSPS) is 17.9. The summed E-state index contributed by atoms with van der Waals surface area (Å²) in [4.78, 5) is 28.0. The molecule has 1 fully saturated rings. The standard InChI is InChI=1S/C26H22F4N2O2S/c1-16-8-10-18(11-9-16)24(34)32-22(15-35-25(32)19-5-3-7-21(27)13-19)23(33)31-14-17-4-2-6-20(12-17)26(28,29)30/h2-13,22,25H,14-15H2,1H3,(H,31,33). The molecule has 182 valence electrons. The molecule has 1 N–H and O–H groups in total. The lowest BCUT2D eigenvalue weighted by Gasteiger charge is -2.29. The monoisotopic (exact) mass is 502 g/mol. The summed E-state index contributed by atoms with van der Waals surface area (Å²) in [5.41, 5.74) is 1.38. The van der Waals surface area contributed by atoms with Crippen molar-refractivity contribution in [2.75, 3.05) is 5.75 Å². The number of aryl methyl sites for hydroxylation is 1. The van der Waals surface area contributed by atoms with Crippen LogP contribution in [0.5, 0.6) is 0 Å². The second kappa shape index (κ2) is 10.1. The van der Waals surface area contributed by atoms with E-state index in [9.17, 15) is 27.2 Å². The molecular formula is C26H22F4N2O2S. The molecule has 0 bridgehead atoms. The van der Waals surface area contributed by atoms with Crippen LogP contribution < -0.4 is 5.32 Å². The van der Waals surface area contributed by atoms with Crippen LogP contribution in [-0.2, 0) is 17.5 Å². The molecule has 35 heavy (non-hydrogen) atoms. The second-order valence-electron chi connectivity index (χ2n) is 8.25. The van der Waals surface area contributed by atoms with Gasteiger partial charge in [-0.25, -0.2) is 4.39 Å². The predicted octanol–water partition coefficient (Wildman–Crippen LogP) is 5.73. The van der Waals surface area contributed by atoms with Crippen LogP contribution in [0.1, 0.15) is 38.0 Å². The lowest BCUT2D eigenvalue weighted by Crippen LogP contribution is -2.47. The minimum Gasteiger partial charge on any atom is -0.350 e. The van der Waals surface area contributed by atoms with Crippen molar-refractivity contribution in [2.24, 2.45) is 0 Å². The minimum atomic E-state index is -4.49. The molecule has 9 heteroatoms. The highest BCUT2D eigenvalue weighted by atomic mass is 32.2. The van der Waals surface area contributed by atoms with Crippen molar-refractivity contribution in [2.45, 2.75) is 31.1 Å². The molecular weight excluding hydrogens is 480 g/mol. The Morgan fingerprint density at radius 2 is 1.74 bits per heavy atom. The molecule has 3 aromatic carbocycles. The van der Waals surface area contributed by atoms with E-state index >= 15 is 0 Å². The summed E-state index contributed by atoms with van der Waals surface area (Å²) in [6.45, 7) is 1.76. The van der Waals surface area contributed by atoms with Crippen LogP contribution in [0.25, 0.3) is 0 Å². The first kappa shape index (κ1) is 24.8. The maximum absolute atomic E-state index is 13.9. The molecule has 2 unspecified atom stereocenters. The van der Waals surface area contributed by atoms with E-state index in [-0.39, 0.29) is 23.8 Å². The van der Waals surface area contributed by atoms with Crippen molar-refractivity contribution in [3.8, 4) is 0 Å². The van der Waals surface area contributed by atoms with E-state index in [1.807, 2.05) is 6.92 Å². The number of hydrogen-bond acceptors (Lipinski definition) is 3. The lowest BCUT2D eigenvalue weighted by molar-refractivity contribution is -0.137. The van der Waals surface area contributed by atoms with Gasteiger partial charge in [0.2, 0.25) is 5.91 Å². The number of alkyl halides is 3. The Hall–Kier alpha value is -3.33. The number of nitrogens with one attached hydrogen (secondary N) is 1. The summed E-state index contributed by atoms with van der Waals surface area (Å²) in [6, 6.07) is 16.6. The Kier molecular flexibility index (Phi) is 7.16. The molecule has 1 aliphatic heterocycles. The molecule has 4 nitrogen and oxygen atoms in total. The third-order valence-electron chi connectivity index (χ3n) is 5.69.